The molecule has 6 nitrogen and oxygen atoms in total. The maximum Gasteiger partial charge on any atom is 0.416 e. The van der Waals surface area contributed by atoms with Crippen LogP contribution in [0.5, 0.6) is 0 Å². The first-order valence-electron chi connectivity index (χ1n) is 25.0. The summed E-state index contributed by atoms with van der Waals surface area (Å²) in [6.45, 7) is -17.8. The van der Waals surface area contributed by atoms with Gasteiger partial charge in [0, 0.05) is 78.1 Å². The van der Waals surface area contributed by atoms with Gasteiger partial charge in [0.05, 0.1) is 26.8 Å². The van der Waals surface area contributed by atoms with Crippen molar-refractivity contribution in [1.29, 1.82) is 0 Å². The molecule has 1 N–H and O–H groups in total. The Hall–Kier alpha value is -4.23. The van der Waals surface area contributed by atoms with Crippen LogP contribution in [0, 0.1) is 18.6 Å². The molecule has 2 heterocycles. The van der Waals surface area contributed by atoms with E-state index in [1.54, 1.807) is 0 Å². The van der Waals surface area contributed by atoms with Crippen LogP contribution >= 0.6 is 11.8 Å². The topological polar surface area (TPSA) is 56.3 Å². The summed E-state index contributed by atoms with van der Waals surface area (Å²) in [4.78, 5) is 14.9. The second kappa shape index (κ2) is 16.8. The third-order valence-corrected chi connectivity index (χ3v) is 8.43. The molecule has 0 aromatic heterocycles. The Morgan fingerprint density at radius 3 is 2.42 bits per heavy atom. The van der Waals surface area contributed by atoms with E-state index in [9.17, 15) is 32.3 Å². The summed E-state index contributed by atoms with van der Waals surface area (Å²) in [6.07, 6.45) is -16.0. The number of aliphatic hydroxyl groups excluding tert-OH is 1. The molecule has 0 aliphatic carbocycles. The van der Waals surface area contributed by atoms with E-state index in [-0.39, 0.29) is 28.5 Å². The van der Waals surface area contributed by atoms with Gasteiger partial charge in [0.25, 0.3) is 0 Å². The molecular weight excluding hydrogens is 710 g/mol. The van der Waals surface area contributed by atoms with Crippen molar-refractivity contribution in [3.05, 3.63) is 135 Å². The molecule has 1 fully saturated rings. The fourth-order valence-electron chi connectivity index (χ4n) is 4.98. The van der Waals surface area contributed by atoms with Crippen molar-refractivity contribution in [3.63, 3.8) is 0 Å². The lowest BCUT2D eigenvalue weighted by atomic mass is 9.99. The number of hydrogen-bond acceptors (Lipinski definition) is 6. The summed E-state index contributed by atoms with van der Waals surface area (Å²) in [5.74, 6) is -5.37. The third kappa shape index (κ3) is 9.29. The largest absolute Gasteiger partial charge is 0.416 e. The summed E-state index contributed by atoms with van der Waals surface area (Å²) in [6, 6.07) is 1.61. The average Bonchev–Trinajstić information content (AvgIpc) is 3.26. The minimum atomic E-state index is -4.73. The van der Waals surface area contributed by atoms with Gasteiger partial charge in [-0.2, -0.15) is 13.2 Å². The fourth-order valence-corrected chi connectivity index (χ4v) is 5.78. The van der Waals surface area contributed by atoms with Crippen molar-refractivity contribution in [1.82, 2.24) is 9.80 Å². The Balaban J connectivity index is 1.65. The van der Waals surface area contributed by atoms with Gasteiger partial charge in [0.1, 0.15) is 12.6 Å². The van der Waals surface area contributed by atoms with Crippen LogP contribution in [0.25, 0.3) is 11.1 Å². The lowest BCUT2D eigenvalue weighted by Crippen LogP contribution is -2.50. The molecule has 1 amide bonds. The van der Waals surface area contributed by atoms with Crippen molar-refractivity contribution in [2.45, 2.75) is 50.2 Å². The van der Waals surface area contributed by atoms with E-state index in [1.165, 1.54) is 6.92 Å². The maximum atomic E-state index is 15.6. The lowest BCUT2D eigenvalue weighted by Gasteiger charge is -2.40. The number of halogens is 5. The number of piperidine rings is 1. The highest BCUT2D eigenvalue weighted by atomic mass is 32.2. The van der Waals surface area contributed by atoms with E-state index in [4.69, 9.17) is 21.2 Å². The van der Waals surface area contributed by atoms with Crippen molar-refractivity contribution >= 4 is 23.4 Å². The quantitative estimate of drug-likeness (QED) is 0.146. The van der Waals surface area contributed by atoms with Crippen LogP contribution in [0.1, 0.15) is 72.7 Å². The van der Waals surface area contributed by atoms with E-state index < -0.39 is 160 Å². The van der Waals surface area contributed by atoms with Gasteiger partial charge < -0.3 is 24.5 Å². The van der Waals surface area contributed by atoms with Gasteiger partial charge in [-0.3, -0.25) is 4.79 Å². The standard InChI is InChI=1S/C41H42F5N3O3S/c1-27-6-15-36-34(22-27)37(50)23-39(53-26-31-4-3-5-35(42)40(31)43)49(36)25-38(51)48(33-16-18-47(19-17-33)20-21-52-2)24-28-7-9-29(10-8-28)30-11-13-32(14-12-30)41(44,45)46/h3-15,22-23,33,37,50H,16-21,24-26H2,1-2H3/i6D,15D,16D2,17D2,18D2,19D2,20D2,22D,23D,24D2,26D2,33D. The Bertz CT molecular complexity index is 2790. The Kier molecular flexibility index (Phi) is 6.68. The number of amides is 1. The van der Waals surface area contributed by atoms with Crippen molar-refractivity contribution in [2.24, 2.45) is 0 Å². The number of nitrogens with zero attached hydrogens (tertiary/aromatic N) is 3. The zero-order valence-corrected chi connectivity index (χ0v) is 28.6. The van der Waals surface area contributed by atoms with Crippen LogP contribution in [-0.2, 0) is 27.9 Å². The molecule has 0 spiro atoms. The number of anilines is 1. The number of benzene rings is 4. The number of ether oxygens (including phenoxy) is 1. The van der Waals surface area contributed by atoms with Crippen LogP contribution < -0.4 is 4.90 Å². The number of carbonyl (C=O) groups is 1. The zero-order chi connectivity index (χ0) is 54.7. The second-order valence-corrected chi connectivity index (χ2v) is 12.0. The fraction of sp³-hybridized carbons (Fsp3) is 0.341. The number of hydrogen-bond donors (Lipinski definition) is 1. The lowest BCUT2D eigenvalue weighted by molar-refractivity contribution is -0.137. The molecule has 12 heteroatoms. The number of fused-ring (bicyclic) bond motifs is 1. The normalized spacial score (nSPS) is 27.4. The molecule has 4 aromatic carbocycles. The summed E-state index contributed by atoms with van der Waals surface area (Å²) >= 11 is -0.216. The molecular formula is C41H42F5N3O3S. The van der Waals surface area contributed by atoms with E-state index >= 15 is 9.18 Å². The van der Waals surface area contributed by atoms with Gasteiger partial charge in [-0.05, 0) is 66.7 Å². The highest BCUT2D eigenvalue weighted by molar-refractivity contribution is 8.02. The number of likely N-dealkylation sites (tertiary alicyclic amines) is 1. The first kappa shape index (κ1) is 21.0. The number of carbonyl (C=O) groups excluding carboxylic acids is 1. The van der Waals surface area contributed by atoms with E-state index in [2.05, 4.69) is 0 Å². The highest BCUT2D eigenvalue weighted by Gasteiger charge is 2.33. The molecule has 0 radical (unpaired) electrons. The Morgan fingerprint density at radius 2 is 1.75 bits per heavy atom. The third-order valence-electron chi connectivity index (χ3n) is 7.58. The predicted molar refractivity (Wildman–Crippen MR) is 198 cm³/mol. The molecule has 53 heavy (non-hydrogen) atoms. The van der Waals surface area contributed by atoms with Gasteiger partial charge >= 0.3 is 6.18 Å². The molecule has 1 saturated heterocycles. The molecule has 0 bridgehead atoms. The summed E-state index contributed by atoms with van der Waals surface area (Å²) in [7, 11) is 0.890. The van der Waals surface area contributed by atoms with Crippen LogP contribution in [0.15, 0.2) is 95.9 Å². The minimum absolute atomic E-state index is 0.0895. The molecule has 280 valence electrons. The van der Waals surface area contributed by atoms with Gasteiger partial charge in [0.2, 0.25) is 5.91 Å². The number of alkyl halides is 3. The molecule has 2 aliphatic heterocycles. The van der Waals surface area contributed by atoms with Gasteiger partial charge in [-0.15, -0.1) is 11.8 Å². The number of methoxy groups -OCH3 is 1. The van der Waals surface area contributed by atoms with Gasteiger partial charge in [0.15, 0.2) is 11.6 Å². The second-order valence-electron chi connectivity index (χ2n) is 11.2. The van der Waals surface area contributed by atoms with E-state index in [1.807, 2.05) is 0 Å². The minimum Gasteiger partial charge on any atom is -0.384 e. The molecule has 6 rings (SSSR count). The summed E-state index contributed by atoms with van der Waals surface area (Å²) in [5, 5.41) is 10.5. The zero-order valence-electron chi connectivity index (χ0n) is 46.7. The van der Waals surface area contributed by atoms with E-state index in [0.29, 0.717) is 11.0 Å². The van der Waals surface area contributed by atoms with Crippen molar-refractivity contribution in [3.8, 4) is 11.1 Å². The highest BCUT2D eigenvalue weighted by Crippen LogP contribution is 2.41. The molecule has 2 aliphatic rings. The first-order chi connectivity index (χ1) is 32.7. The number of thioether (sulfide) groups is 1. The predicted octanol–water partition coefficient (Wildman–Crippen LogP) is 8.73. The first-order valence-corrected chi connectivity index (χ1v) is 16.4. The SMILES string of the molecule is [2H]C1=C(SC([2H])([2H])c2cccc(F)c2F)N(CC(=O)N(C([2H])([2H])c2ccc(-c3ccc(C(F)(F)F)cc3)cc2)C2([2H])C([2H])([2H])C([2H])([2H])N(C([2H])([2H])COC)C([2H])([2H])C2([2H])[2H])c2c([2H])c([2H])c(C)c([2H])c2C1O. The monoisotopic (exact) mass is 770 g/mol. The van der Waals surface area contributed by atoms with Crippen LogP contribution in [0.2, 0.25) is 0 Å². The Morgan fingerprint density at radius 1 is 1.08 bits per heavy atom. The number of rotatable bonds is 12. The van der Waals surface area contributed by atoms with E-state index in [0.717, 1.165) is 67.8 Å². The maximum absolute atomic E-state index is 15.6. The average molecular weight is 771 g/mol. The molecule has 1 unspecified atom stereocenters. The summed E-state index contributed by atoms with van der Waals surface area (Å²) in [5.41, 5.74) is -7.72. The van der Waals surface area contributed by atoms with Crippen LogP contribution in [-0.4, -0.2) is 66.6 Å². The van der Waals surface area contributed by atoms with Gasteiger partial charge in [-0.1, -0.05) is 66.2 Å². The van der Waals surface area contributed by atoms with Crippen LogP contribution in [0.4, 0.5) is 27.6 Å². The van der Waals surface area contributed by atoms with Crippen molar-refractivity contribution in [2.75, 3.05) is 44.7 Å². The van der Waals surface area contributed by atoms with Crippen molar-refractivity contribution < 1.29 is 62.6 Å². The summed E-state index contributed by atoms with van der Waals surface area (Å²) < 4.78 is 247. The van der Waals surface area contributed by atoms with Crippen LogP contribution in [0.3, 0.4) is 0 Å². The number of aliphatic hydroxyl groups is 1. The molecule has 0 saturated carbocycles. The smallest absolute Gasteiger partial charge is 0.384 e. The molecule has 1 atom stereocenters. The van der Waals surface area contributed by atoms with Gasteiger partial charge in [-0.25, -0.2) is 8.78 Å². The molecule has 4 aromatic rings. The Labute approximate surface area is 337 Å².